The van der Waals surface area contributed by atoms with Crippen LogP contribution in [-0.2, 0) is 4.79 Å². The number of aliphatic imine (C=N–C) groups is 1. The average molecular weight is 555 g/mol. The van der Waals surface area contributed by atoms with Crippen molar-refractivity contribution in [1.82, 2.24) is 5.01 Å². The van der Waals surface area contributed by atoms with E-state index in [2.05, 4.69) is 10.1 Å². The third-order valence-electron chi connectivity index (χ3n) is 4.70. The van der Waals surface area contributed by atoms with Gasteiger partial charge in [0.25, 0.3) is 5.91 Å². The smallest absolute Gasteiger partial charge is 0.441 e. The van der Waals surface area contributed by atoms with Crippen LogP contribution in [0.4, 0.5) is 13.2 Å². The first-order valence-corrected chi connectivity index (χ1v) is 12.7. The Kier molecular flexibility index (Phi) is 7.96. The van der Waals surface area contributed by atoms with E-state index in [1.54, 1.807) is 30.0 Å². The van der Waals surface area contributed by atoms with Gasteiger partial charge in [-0.3, -0.25) is 10.2 Å². The second-order valence-electron chi connectivity index (χ2n) is 7.21. The number of amides is 1. The number of halogens is 4. The molecule has 13 heteroatoms. The van der Waals surface area contributed by atoms with Crippen molar-refractivity contribution in [3.63, 3.8) is 0 Å². The fraction of sp³-hybridized carbons (Fsp3) is 0.217. The summed E-state index contributed by atoms with van der Waals surface area (Å²) in [4.78, 5) is 17.2. The van der Waals surface area contributed by atoms with E-state index in [0.717, 1.165) is 4.90 Å². The Bertz CT molecular complexity index is 1280. The van der Waals surface area contributed by atoms with Crippen LogP contribution in [0, 0.1) is 5.41 Å². The molecule has 36 heavy (non-hydrogen) atoms. The molecule has 0 atom stereocenters. The minimum absolute atomic E-state index is 0.193. The molecule has 2 aromatic rings. The molecule has 0 unspecified atom stereocenters. The number of rotatable bonds is 8. The summed E-state index contributed by atoms with van der Waals surface area (Å²) in [7, 11) is 0. The standard InChI is InChI=1S/C23H18ClF3N4O3S2/c1-2-33-18-12-13(3-8-17(18)34-9-10-35-15-6-4-14(24)5-7-15)11-16-19(28)31-22(29-20(16)32)36-21(30-31)23(25,26)27/h3-8,11-12,28H,2,9-10H2,1H3/b16-11-,28-19?. The normalized spacial score (nSPS) is 16.7. The molecule has 2 aliphatic rings. The van der Waals surface area contributed by atoms with E-state index in [1.807, 2.05) is 31.2 Å². The van der Waals surface area contributed by atoms with E-state index in [9.17, 15) is 18.0 Å². The first kappa shape index (κ1) is 26.1. The lowest BCUT2D eigenvalue weighted by Gasteiger charge is -2.20. The molecule has 0 spiro atoms. The summed E-state index contributed by atoms with van der Waals surface area (Å²) < 4.78 is 50.5. The topological polar surface area (TPSA) is 87.3 Å². The maximum atomic E-state index is 13.0. The van der Waals surface area contributed by atoms with Crippen molar-refractivity contribution < 1.29 is 27.4 Å². The molecular formula is C23H18ClF3N4O3S2. The molecule has 2 heterocycles. The van der Waals surface area contributed by atoms with Gasteiger partial charge in [0.15, 0.2) is 17.3 Å². The Balaban J connectivity index is 1.47. The third-order valence-corrected chi connectivity index (χ3v) is 6.88. The minimum Gasteiger partial charge on any atom is -0.490 e. The lowest BCUT2D eigenvalue weighted by molar-refractivity contribution is -0.114. The van der Waals surface area contributed by atoms with Crippen LogP contribution >= 0.6 is 35.1 Å². The highest BCUT2D eigenvalue weighted by Crippen LogP contribution is 2.36. The van der Waals surface area contributed by atoms with Crippen molar-refractivity contribution in [2.45, 2.75) is 18.0 Å². The lowest BCUT2D eigenvalue weighted by atomic mass is 10.1. The number of benzene rings is 2. The van der Waals surface area contributed by atoms with Gasteiger partial charge in [-0.25, -0.2) is 0 Å². The molecule has 2 aromatic carbocycles. The van der Waals surface area contributed by atoms with Gasteiger partial charge in [-0.05, 0) is 66.7 Å². The predicted molar refractivity (Wildman–Crippen MR) is 136 cm³/mol. The minimum atomic E-state index is -4.70. The number of hydrogen-bond acceptors (Lipinski definition) is 7. The van der Waals surface area contributed by atoms with E-state index >= 15 is 0 Å². The van der Waals surface area contributed by atoms with Gasteiger partial charge in [-0.1, -0.05) is 17.7 Å². The molecule has 1 amide bonds. The highest BCUT2D eigenvalue weighted by Gasteiger charge is 2.46. The molecule has 7 nitrogen and oxygen atoms in total. The number of ether oxygens (including phenoxy) is 2. The van der Waals surface area contributed by atoms with Crippen molar-refractivity contribution in [3.05, 3.63) is 58.6 Å². The number of carbonyl (C=O) groups excluding carboxylic acids is 1. The average Bonchev–Trinajstić information content (AvgIpc) is 3.27. The van der Waals surface area contributed by atoms with E-state index in [0.29, 0.717) is 46.1 Å². The highest BCUT2D eigenvalue weighted by molar-refractivity contribution is 8.27. The molecule has 188 valence electrons. The summed E-state index contributed by atoms with van der Waals surface area (Å²) in [6, 6.07) is 12.4. The maximum absolute atomic E-state index is 13.0. The summed E-state index contributed by atoms with van der Waals surface area (Å²) in [5.74, 6) is 0.288. The molecule has 0 saturated carbocycles. The number of carbonyl (C=O) groups is 1. The Morgan fingerprint density at radius 1 is 1.17 bits per heavy atom. The summed E-state index contributed by atoms with van der Waals surface area (Å²) >= 11 is 7.71. The van der Waals surface area contributed by atoms with Gasteiger partial charge in [0, 0.05) is 15.7 Å². The zero-order chi connectivity index (χ0) is 25.9. The van der Waals surface area contributed by atoms with Gasteiger partial charge in [-0.2, -0.15) is 28.3 Å². The van der Waals surface area contributed by atoms with Crippen molar-refractivity contribution in [2.24, 2.45) is 10.1 Å². The molecule has 0 bridgehead atoms. The molecule has 0 aliphatic carbocycles. The van der Waals surface area contributed by atoms with E-state index in [4.69, 9.17) is 26.5 Å². The Morgan fingerprint density at radius 2 is 1.92 bits per heavy atom. The maximum Gasteiger partial charge on any atom is 0.441 e. The zero-order valence-electron chi connectivity index (χ0n) is 18.6. The van der Waals surface area contributed by atoms with Crippen molar-refractivity contribution >= 4 is 63.2 Å². The largest absolute Gasteiger partial charge is 0.490 e. The Morgan fingerprint density at radius 3 is 2.61 bits per heavy atom. The molecule has 2 aliphatic heterocycles. The summed E-state index contributed by atoms with van der Waals surface area (Å²) in [6.07, 6.45) is -3.34. The van der Waals surface area contributed by atoms with Crippen LogP contribution in [0.15, 0.2) is 63.0 Å². The first-order chi connectivity index (χ1) is 17.2. The lowest BCUT2D eigenvalue weighted by Crippen LogP contribution is -2.35. The molecule has 0 aromatic heterocycles. The third kappa shape index (κ3) is 6.05. The number of hydrazone groups is 1. The van der Waals surface area contributed by atoms with Gasteiger partial charge in [0.05, 0.1) is 18.8 Å². The monoisotopic (exact) mass is 554 g/mol. The Labute approximate surface area is 217 Å². The zero-order valence-corrected chi connectivity index (χ0v) is 21.0. The number of alkyl halides is 3. The molecule has 0 fully saturated rings. The van der Waals surface area contributed by atoms with Crippen LogP contribution in [0.2, 0.25) is 5.02 Å². The second kappa shape index (κ2) is 11.0. The van der Waals surface area contributed by atoms with Gasteiger partial charge in [0.2, 0.25) is 10.2 Å². The van der Waals surface area contributed by atoms with E-state index in [-0.39, 0.29) is 22.5 Å². The summed E-state index contributed by atoms with van der Waals surface area (Å²) in [5.41, 5.74) is 0.293. The quantitative estimate of drug-likeness (QED) is 0.241. The van der Waals surface area contributed by atoms with Crippen LogP contribution < -0.4 is 9.47 Å². The van der Waals surface area contributed by atoms with Crippen LogP contribution in [0.3, 0.4) is 0 Å². The van der Waals surface area contributed by atoms with Crippen LogP contribution in [0.1, 0.15) is 12.5 Å². The molecule has 1 N–H and O–H groups in total. The number of nitrogens with one attached hydrogen (secondary N) is 1. The van der Waals surface area contributed by atoms with E-state index in [1.165, 1.54) is 6.08 Å². The van der Waals surface area contributed by atoms with Crippen LogP contribution in [0.25, 0.3) is 6.08 Å². The highest BCUT2D eigenvalue weighted by atomic mass is 35.5. The molecule has 4 rings (SSSR count). The molecule has 0 saturated heterocycles. The Hall–Kier alpha value is -2.96. The van der Waals surface area contributed by atoms with Gasteiger partial charge >= 0.3 is 6.18 Å². The number of amidine groups is 2. The van der Waals surface area contributed by atoms with Crippen molar-refractivity contribution in [3.8, 4) is 11.5 Å². The van der Waals surface area contributed by atoms with Gasteiger partial charge in [0.1, 0.15) is 0 Å². The van der Waals surface area contributed by atoms with Crippen molar-refractivity contribution in [1.29, 1.82) is 5.41 Å². The fourth-order valence-corrected chi connectivity index (χ4v) is 4.73. The van der Waals surface area contributed by atoms with E-state index < -0.39 is 23.0 Å². The van der Waals surface area contributed by atoms with Crippen LogP contribution in [0.5, 0.6) is 11.5 Å². The number of nitrogens with zero attached hydrogens (tertiary/aromatic N) is 3. The number of fused-ring (bicyclic) bond motifs is 1. The first-order valence-electron chi connectivity index (χ1n) is 10.5. The molecular weight excluding hydrogens is 537 g/mol. The van der Waals surface area contributed by atoms with Crippen LogP contribution in [-0.4, -0.2) is 52.1 Å². The van der Waals surface area contributed by atoms with Crippen molar-refractivity contribution in [2.75, 3.05) is 19.0 Å². The number of thioether (sulfide) groups is 2. The number of hydrogen-bond donors (Lipinski definition) is 1. The second-order valence-corrected chi connectivity index (χ2v) is 9.77. The van der Waals surface area contributed by atoms with Gasteiger partial charge < -0.3 is 9.47 Å². The fourth-order valence-electron chi connectivity index (χ4n) is 3.12. The SMILES string of the molecule is CCOc1cc(/C=C2/C(=N)N3N=C(C(F)(F)F)SC3=NC2=O)ccc1OCCSc1ccc(Cl)cc1. The molecule has 0 radical (unpaired) electrons. The summed E-state index contributed by atoms with van der Waals surface area (Å²) in [6.45, 7) is 2.57. The predicted octanol–water partition coefficient (Wildman–Crippen LogP) is 6.09. The summed E-state index contributed by atoms with van der Waals surface area (Å²) in [5, 5.41) is 11.5. The van der Waals surface area contributed by atoms with Gasteiger partial charge in [-0.15, -0.1) is 11.8 Å².